The number of aliphatic hydroxyl groups is 4. The summed E-state index contributed by atoms with van der Waals surface area (Å²) in [7, 11) is 0. The summed E-state index contributed by atoms with van der Waals surface area (Å²) in [4.78, 5) is 0. The van der Waals surface area contributed by atoms with Gasteiger partial charge in [-0.3, -0.25) is 0 Å². The van der Waals surface area contributed by atoms with E-state index in [9.17, 15) is 0 Å². The van der Waals surface area contributed by atoms with Gasteiger partial charge in [0, 0.05) is 0 Å². The first-order valence-electron chi connectivity index (χ1n) is 3.34. The van der Waals surface area contributed by atoms with E-state index >= 15 is 0 Å². The summed E-state index contributed by atoms with van der Waals surface area (Å²) in [5.41, 5.74) is 0.519. The minimum absolute atomic E-state index is 0.286. The molecule has 0 radical (unpaired) electrons. The zero-order valence-electron chi connectivity index (χ0n) is 6.65. The Bertz CT molecular complexity index is 149. The molecule has 0 bridgehead atoms. The van der Waals surface area contributed by atoms with Crippen LogP contribution in [0, 0.1) is 0 Å². The Morgan fingerprint density at radius 2 is 1.73 bits per heavy atom. The quantitative estimate of drug-likeness (QED) is 0.424. The largest absolute Gasteiger partial charge is 0.510 e. The van der Waals surface area contributed by atoms with Crippen LogP contribution in [0.3, 0.4) is 0 Å². The Morgan fingerprint density at radius 3 is 2.00 bits per heavy atom. The highest BCUT2D eigenvalue weighted by molar-refractivity contribution is 5.07. The number of hydrogen-bond donors (Lipinski definition) is 4. The van der Waals surface area contributed by atoms with Gasteiger partial charge in [0.15, 0.2) is 0 Å². The van der Waals surface area contributed by atoms with Crippen LogP contribution in [0.5, 0.6) is 0 Å². The lowest BCUT2D eigenvalue weighted by Gasteiger charge is -2.15. The van der Waals surface area contributed by atoms with Crippen LogP contribution in [0.4, 0.5) is 0 Å². The normalized spacial score (nSPS) is 15.7. The van der Waals surface area contributed by atoms with Crippen LogP contribution in [0.1, 0.15) is 13.8 Å². The van der Waals surface area contributed by atoms with E-state index in [-0.39, 0.29) is 5.76 Å². The average molecular weight is 162 g/mol. The van der Waals surface area contributed by atoms with Crippen LogP contribution < -0.4 is 0 Å². The highest BCUT2D eigenvalue weighted by atomic mass is 16.4. The lowest BCUT2D eigenvalue weighted by atomic mass is 10.1. The molecule has 0 aliphatic heterocycles. The minimum Gasteiger partial charge on any atom is -0.510 e. The van der Waals surface area contributed by atoms with Crippen molar-refractivity contribution < 1.29 is 20.4 Å². The van der Waals surface area contributed by atoms with Gasteiger partial charge in [-0.2, -0.15) is 0 Å². The molecule has 0 aromatic rings. The fraction of sp³-hybridized carbons (Fsp3) is 0.714. The lowest BCUT2D eigenvalue weighted by molar-refractivity contribution is -0.0141. The third-order valence-electron chi connectivity index (χ3n) is 1.34. The zero-order valence-corrected chi connectivity index (χ0v) is 6.65. The van der Waals surface area contributed by atoms with E-state index in [1.807, 2.05) is 0 Å². The van der Waals surface area contributed by atoms with Crippen LogP contribution in [0.15, 0.2) is 11.3 Å². The van der Waals surface area contributed by atoms with Gasteiger partial charge in [0.05, 0.1) is 6.61 Å². The standard InChI is InChI=1S/C7H14O4/c1-4(2)6(10)7(11)5(9)3-8/h5,7-11H,3H2,1-2H3/t5-,7+/m0/s1. The molecule has 0 aliphatic carbocycles. The lowest BCUT2D eigenvalue weighted by Crippen LogP contribution is -2.31. The summed E-state index contributed by atoms with van der Waals surface area (Å²) in [5.74, 6) is -0.286. The summed E-state index contributed by atoms with van der Waals surface area (Å²) in [6.45, 7) is 2.63. The average Bonchev–Trinajstić information content (AvgIpc) is 2.00. The van der Waals surface area contributed by atoms with Crippen molar-refractivity contribution in [3.63, 3.8) is 0 Å². The van der Waals surface area contributed by atoms with Crippen LogP contribution in [0.25, 0.3) is 0 Å². The predicted octanol–water partition coefficient (Wildman–Crippen LogP) is -0.448. The van der Waals surface area contributed by atoms with Crippen LogP contribution in [0.2, 0.25) is 0 Å². The third kappa shape index (κ3) is 2.88. The predicted molar refractivity (Wildman–Crippen MR) is 40.1 cm³/mol. The highest BCUT2D eigenvalue weighted by Gasteiger charge is 2.19. The summed E-state index contributed by atoms with van der Waals surface area (Å²) in [5, 5.41) is 35.3. The number of allylic oxidation sites excluding steroid dienone is 1. The molecule has 4 nitrogen and oxygen atoms in total. The van der Waals surface area contributed by atoms with Gasteiger partial charge in [-0.25, -0.2) is 0 Å². The van der Waals surface area contributed by atoms with Gasteiger partial charge in [0.2, 0.25) is 0 Å². The fourth-order valence-electron chi connectivity index (χ4n) is 0.578. The summed E-state index contributed by atoms with van der Waals surface area (Å²) in [6, 6.07) is 0. The van der Waals surface area contributed by atoms with E-state index in [0.29, 0.717) is 5.57 Å². The first-order valence-corrected chi connectivity index (χ1v) is 3.34. The molecule has 0 saturated heterocycles. The second kappa shape index (κ2) is 4.33. The van der Waals surface area contributed by atoms with E-state index in [1.54, 1.807) is 13.8 Å². The topological polar surface area (TPSA) is 80.9 Å². The maximum Gasteiger partial charge on any atom is 0.139 e. The van der Waals surface area contributed by atoms with E-state index < -0.39 is 18.8 Å². The van der Waals surface area contributed by atoms with Crippen LogP contribution in [-0.4, -0.2) is 39.2 Å². The third-order valence-corrected chi connectivity index (χ3v) is 1.34. The zero-order chi connectivity index (χ0) is 9.02. The molecule has 0 aliphatic rings. The molecule has 0 rings (SSSR count). The Hall–Kier alpha value is -0.580. The van der Waals surface area contributed by atoms with Crippen LogP contribution in [-0.2, 0) is 0 Å². The smallest absolute Gasteiger partial charge is 0.139 e. The van der Waals surface area contributed by atoms with Crippen molar-refractivity contribution in [2.75, 3.05) is 6.61 Å². The molecule has 4 N–H and O–H groups in total. The van der Waals surface area contributed by atoms with Crippen molar-refractivity contribution in [1.82, 2.24) is 0 Å². The molecule has 0 heterocycles. The van der Waals surface area contributed by atoms with Crippen molar-refractivity contribution in [3.05, 3.63) is 11.3 Å². The van der Waals surface area contributed by atoms with E-state index in [2.05, 4.69) is 0 Å². The van der Waals surface area contributed by atoms with Gasteiger partial charge in [-0.1, -0.05) is 0 Å². The Balaban J connectivity index is 4.24. The second-order valence-electron chi connectivity index (χ2n) is 2.58. The Kier molecular flexibility index (Phi) is 4.10. The van der Waals surface area contributed by atoms with Gasteiger partial charge in [0.1, 0.15) is 18.0 Å². The molecular weight excluding hydrogens is 148 g/mol. The summed E-state index contributed by atoms with van der Waals surface area (Å²) in [6.07, 6.45) is -2.70. The molecule has 2 atom stereocenters. The van der Waals surface area contributed by atoms with Crippen molar-refractivity contribution in [1.29, 1.82) is 0 Å². The minimum atomic E-state index is -1.38. The van der Waals surface area contributed by atoms with Crippen molar-refractivity contribution in [2.45, 2.75) is 26.1 Å². The first-order chi connectivity index (χ1) is 5.00. The molecule has 66 valence electrons. The summed E-state index contributed by atoms with van der Waals surface area (Å²) < 4.78 is 0. The highest BCUT2D eigenvalue weighted by Crippen LogP contribution is 2.08. The molecule has 0 amide bonds. The Morgan fingerprint density at radius 1 is 1.27 bits per heavy atom. The number of hydrogen-bond acceptors (Lipinski definition) is 4. The van der Waals surface area contributed by atoms with E-state index in [1.165, 1.54) is 0 Å². The van der Waals surface area contributed by atoms with Crippen molar-refractivity contribution in [2.24, 2.45) is 0 Å². The Labute approximate surface area is 65.4 Å². The van der Waals surface area contributed by atoms with Gasteiger partial charge in [-0.05, 0) is 19.4 Å². The van der Waals surface area contributed by atoms with E-state index in [4.69, 9.17) is 20.4 Å². The molecule has 11 heavy (non-hydrogen) atoms. The molecule has 0 fully saturated rings. The molecule has 0 aromatic heterocycles. The molecular formula is C7H14O4. The molecule has 4 heteroatoms. The summed E-state index contributed by atoms with van der Waals surface area (Å²) >= 11 is 0. The molecule has 0 spiro atoms. The van der Waals surface area contributed by atoms with Crippen molar-refractivity contribution in [3.8, 4) is 0 Å². The number of aliphatic hydroxyl groups excluding tert-OH is 4. The molecule has 0 unspecified atom stereocenters. The van der Waals surface area contributed by atoms with Gasteiger partial charge < -0.3 is 20.4 Å². The second-order valence-corrected chi connectivity index (χ2v) is 2.58. The maximum atomic E-state index is 9.06. The SMILES string of the molecule is CC(C)=C(O)[C@H](O)[C@@H](O)CO. The van der Waals surface area contributed by atoms with Gasteiger partial charge in [0.25, 0.3) is 0 Å². The monoisotopic (exact) mass is 162 g/mol. The molecule has 0 aromatic carbocycles. The van der Waals surface area contributed by atoms with Crippen LogP contribution >= 0.6 is 0 Å². The first kappa shape index (κ1) is 10.4. The number of rotatable bonds is 3. The van der Waals surface area contributed by atoms with Gasteiger partial charge in [-0.15, -0.1) is 0 Å². The molecule has 0 saturated carbocycles. The maximum absolute atomic E-state index is 9.06. The van der Waals surface area contributed by atoms with Gasteiger partial charge >= 0.3 is 0 Å². The fourth-order valence-corrected chi connectivity index (χ4v) is 0.578. The van der Waals surface area contributed by atoms with Crippen molar-refractivity contribution >= 4 is 0 Å². The van der Waals surface area contributed by atoms with E-state index in [0.717, 1.165) is 0 Å².